The average Bonchev–Trinajstić information content (AvgIpc) is 3.25. The summed E-state index contributed by atoms with van der Waals surface area (Å²) in [5, 5.41) is 8.13. The van der Waals surface area contributed by atoms with E-state index in [0.29, 0.717) is 0 Å². The van der Waals surface area contributed by atoms with Crippen LogP contribution >= 0.6 is 0 Å². The molecular weight excluding hydrogens is 289 g/mol. The predicted octanol–water partition coefficient (Wildman–Crippen LogP) is 4.10. The molecular formula is C19H18FN3. The molecule has 1 N–H and O–H groups in total. The highest BCUT2D eigenvalue weighted by molar-refractivity contribution is 5.67. The van der Waals surface area contributed by atoms with Gasteiger partial charge in [0, 0.05) is 5.56 Å². The summed E-state index contributed by atoms with van der Waals surface area (Å²) >= 11 is 0. The van der Waals surface area contributed by atoms with Crippen LogP contribution in [0.2, 0.25) is 0 Å². The highest BCUT2D eigenvalue weighted by Crippen LogP contribution is 2.34. The van der Waals surface area contributed by atoms with Crippen LogP contribution in [0.25, 0.3) is 16.8 Å². The van der Waals surface area contributed by atoms with Crippen molar-refractivity contribution in [1.82, 2.24) is 15.1 Å². The fourth-order valence-electron chi connectivity index (χ4n) is 3.26. The fourth-order valence-corrected chi connectivity index (χ4v) is 3.26. The molecule has 3 aromatic rings. The highest BCUT2D eigenvalue weighted by Gasteiger charge is 2.25. The molecule has 0 radical (unpaired) electrons. The summed E-state index contributed by atoms with van der Waals surface area (Å²) in [6.07, 6.45) is 4.06. The van der Waals surface area contributed by atoms with Gasteiger partial charge < -0.3 is 5.32 Å². The van der Waals surface area contributed by atoms with E-state index in [1.54, 1.807) is 12.1 Å². The van der Waals surface area contributed by atoms with Gasteiger partial charge in [-0.05, 0) is 49.2 Å². The lowest BCUT2D eigenvalue weighted by molar-refractivity contribution is 0.600. The molecule has 1 aliphatic rings. The molecule has 4 rings (SSSR count). The van der Waals surface area contributed by atoms with E-state index in [1.807, 2.05) is 47.3 Å². The maximum Gasteiger partial charge on any atom is 0.123 e. The zero-order valence-electron chi connectivity index (χ0n) is 12.7. The minimum absolute atomic E-state index is 0.222. The molecule has 4 heteroatoms. The molecule has 2 heterocycles. The molecule has 1 aliphatic heterocycles. The van der Waals surface area contributed by atoms with E-state index >= 15 is 0 Å². The van der Waals surface area contributed by atoms with Gasteiger partial charge in [-0.1, -0.05) is 30.3 Å². The van der Waals surface area contributed by atoms with Crippen molar-refractivity contribution in [2.45, 2.75) is 18.9 Å². The largest absolute Gasteiger partial charge is 0.309 e. The van der Waals surface area contributed by atoms with Crippen molar-refractivity contribution in [2.24, 2.45) is 0 Å². The van der Waals surface area contributed by atoms with Crippen molar-refractivity contribution in [2.75, 3.05) is 6.54 Å². The van der Waals surface area contributed by atoms with Crippen LogP contribution in [0.4, 0.5) is 4.39 Å². The maximum absolute atomic E-state index is 13.6. The van der Waals surface area contributed by atoms with Gasteiger partial charge in [-0.15, -0.1) is 0 Å². The maximum atomic E-state index is 13.6. The van der Waals surface area contributed by atoms with Gasteiger partial charge in [-0.25, -0.2) is 9.07 Å². The number of hydrogen-bond acceptors (Lipinski definition) is 2. The molecule has 1 fully saturated rings. The third-order valence-corrected chi connectivity index (χ3v) is 4.33. The van der Waals surface area contributed by atoms with E-state index < -0.39 is 0 Å². The van der Waals surface area contributed by atoms with Gasteiger partial charge >= 0.3 is 0 Å². The molecule has 0 bridgehead atoms. The second-order valence-corrected chi connectivity index (χ2v) is 5.85. The average molecular weight is 307 g/mol. The van der Waals surface area contributed by atoms with Crippen LogP contribution in [0, 0.1) is 5.82 Å². The highest BCUT2D eigenvalue weighted by atomic mass is 19.1. The van der Waals surface area contributed by atoms with Crippen molar-refractivity contribution < 1.29 is 4.39 Å². The Morgan fingerprint density at radius 3 is 2.70 bits per heavy atom. The first-order valence-corrected chi connectivity index (χ1v) is 7.95. The molecule has 2 aromatic carbocycles. The number of nitrogens with zero attached hydrogens (tertiary/aromatic N) is 2. The van der Waals surface area contributed by atoms with E-state index in [2.05, 4.69) is 10.4 Å². The first-order valence-electron chi connectivity index (χ1n) is 7.95. The minimum atomic E-state index is -0.222. The van der Waals surface area contributed by atoms with E-state index in [4.69, 9.17) is 0 Å². The monoisotopic (exact) mass is 307 g/mol. The Morgan fingerprint density at radius 2 is 1.96 bits per heavy atom. The number of halogens is 1. The molecule has 0 spiro atoms. The topological polar surface area (TPSA) is 29.9 Å². The normalized spacial score (nSPS) is 17.5. The quantitative estimate of drug-likeness (QED) is 0.789. The summed E-state index contributed by atoms with van der Waals surface area (Å²) in [5.41, 5.74) is 4.00. The summed E-state index contributed by atoms with van der Waals surface area (Å²) in [4.78, 5) is 0. The van der Waals surface area contributed by atoms with Crippen molar-refractivity contribution in [1.29, 1.82) is 0 Å². The lowest BCUT2D eigenvalue weighted by Crippen LogP contribution is -2.17. The van der Waals surface area contributed by atoms with Gasteiger partial charge in [-0.3, -0.25) is 0 Å². The smallest absolute Gasteiger partial charge is 0.123 e. The summed E-state index contributed by atoms with van der Waals surface area (Å²) in [5.74, 6) is -0.222. The first kappa shape index (κ1) is 14.2. The number of aromatic nitrogens is 2. The van der Waals surface area contributed by atoms with Crippen molar-refractivity contribution in [3.8, 4) is 16.8 Å². The second kappa shape index (κ2) is 5.97. The second-order valence-electron chi connectivity index (χ2n) is 5.85. The van der Waals surface area contributed by atoms with E-state index in [9.17, 15) is 4.39 Å². The Labute approximate surface area is 134 Å². The van der Waals surface area contributed by atoms with Gasteiger partial charge in [0.2, 0.25) is 0 Å². The molecule has 0 saturated carbocycles. The van der Waals surface area contributed by atoms with Crippen LogP contribution in [0.5, 0.6) is 0 Å². The van der Waals surface area contributed by atoms with Crippen molar-refractivity contribution in [3.05, 3.63) is 72.3 Å². The minimum Gasteiger partial charge on any atom is -0.309 e. The van der Waals surface area contributed by atoms with Gasteiger partial charge in [-0.2, -0.15) is 5.10 Å². The van der Waals surface area contributed by atoms with Crippen LogP contribution in [0.3, 0.4) is 0 Å². The van der Waals surface area contributed by atoms with E-state index in [-0.39, 0.29) is 11.9 Å². The van der Waals surface area contributed by atoms with Crippen LogP contribution in [0.1, 0.15) is 24.6 Å². The van der Waals surface area contributed by atoms with Crippen molar-refractivity contribution in [3.63, 3.8) is 0 Å². The molecule has 0 amide bonds. The lowest BCUT2D eigenvalue weighted by Gasteiger charge is -2.16. The van der Waals surface area contributed by atoms with Crippen LogP contribution in [-0.2, 0) is 0 Å². The third-order valence-electron chi connectivity index (χ3n) is 4.33. The summed E-state index contributed by atoms with van der Waals surface area (Å²) in [6.45, 7) is 1.01. The molecule has 23 heavy (non-hydrogen) atoms. The fraction of sp³-hybridized carbons (Fsp3) is 0.211. The van der Waals surface area contributed by atoms with Crippen LogP contribution < -0.4 is 5.32 Å². The number of benzene rings is 2. The van der Waals surface area contributed by atoms with E-state index in [0.717, 1.165) is 41.9 Å². The molecule has 1 unspecified atom stereocenters. The molecule has 1 saturated heterocycles. The summed E-state index contributed by atoms with van der Waals surface area (Å²) in [7, 11) is 0. The van der Waals surface area contributed by atoms with Gasteiger partial charge in [0.05, 0.1) is 23.6 Å². The Morgan fingerprint density at radius 1 is 1.09 bits per heavy atom. The SMILES string of the molecule is Fc1cccc(-c2cnn(-c3ccccc3)c2C2CCCN2)c1. The molecule has 116 valence electrons. The first-order chi connectivity index (χ1) is 11.3. The molecule has 0 aliphatic carbocycles. The number of hydrogen-bond donors (Lipinski definition) is 1. The number of nitrogens with one attached hydrogen (secondary N) is 1. The lowest BCUT2D eigenvalue weighted by atomic mass is 10.0. The molecule has 1 aromatic heterocycles. The van der Waals surface area contributed by atoms with Gasteiger partial charge in [0.25, 0.3) is 0 Å². The Balaban J connectivity index is 1.88. The van der Waals surface area contributed by atoms with Gasteiger partial charge in [0.15, 0.2) is 0 Å². The summed E-state index contributed by atoms with van der Waals surface area (Å²) in [6, 6.07) is 17.1. The Hall–Kier alpha value is -2.46. The Kier molecular flexibility index (Phi) is 3.67. The molecule has 1 atom stereocenters. The zero-order valence-corrected chi connectivity index (χ0v) is 12.7. The Bertz CT molecular complexity index is 804. The molecule has 3 nitrogen and oxygen atoms in total. The summed E-state index contributed by atoms with van der Waals surface area (Å²) < 4.78 is 15.6. The predicted molar refractivity (Wildman–Crippen MR) is 88.9 cm³/mol. The zero-order chi connectivity index (χ0) is 15.6. The standard InChI is InChI=1S/C19H18FN3/c20-15-7-4-6-14(12-15)17-13-22-23(16-8-2-1-3-9-16)19(17)18-10-5-11-21-18/h1-4,6-9,12-13,18,21H,5,10-11H2. The van der Waals surface area contributed by atoms with Crippen LogP contribution in [-0.4, -0.2) is 16.3 Å². The van der Waals surface area contributed by atoms with Crippen LogP contribution in [0.15, 0.2) is 60.8 Å². The van der Waals surface area contributed by atoms with Crippen molar-refractivity contribution >= 4 is 0 Å². The number of para-hydroxylation sites is 1. The van der Waals surface area contributed by atoms with E-state index in [1.165, 1.54) is 6.07 Å². The van der Waals surface area contributed by atoms with Gasteiger partial charge in [0.1, 0.15) is 5.82 Å². The third kappa shape index (κ3) is 2.66. The number of rotatable bonds is 3.